The minimum Gasteiger partial charge on any atom is -0.354 e. The van der Waals surface area contributed by atoms with Gasteiger partial charge >= 0.3 is 0 Å². The van der Waals surface area contributed by atoms with E-state index in [9.17, 15) is 0 Å². The fraction of sp³-hybridized carbons (Fsp3) is 0.692. The summed E-state index contributed by atoms with van der Waals surface area (Å²) in [6.45, 7) is 4.27. The second-order valence-electron chi connectivity index (χ2n) is 4.60. The van der Waals surface area contributed by atoms with E-state index in [-0.39, 0.29) is 0 Å². The highest BCUT2D eigenvalue weighted by molar-refractivity contribution is 7.99. The van der Waals surface area contributed by atoms with Crippen molar-refractivity contribution >= 4 is 11.8 Å². The summed E-state index contributed by atoms with van der Waals surface area (Å²) in [5.41, 5.74) is 1.41. The second kappa shape index (κ2) is 5.78. The van der Waals surface area contributed by atoms with E-state index < -0.39 is 0 Å². The number of aryl methyl sites for hydroxylation is 1. The Morgan fingerprint density at radius 2 is 2.38 bits per heavy atom. The zero-order chi connectivity index (χ0) is 11.4. The monoisotopic (exact) mass is 238 g/mol. The summed E-state index contributed by atoms with van der Waals surface area (Å²) in [7, 11) is 0. The summed E-state index contributed by atoms with van der Waals surface area (Å²) in [5, 5.41) is 4.56. The average Bonchev–Trinajstić information content (AvgIpc) is 2.95. The molecule has 1 heterocycles. The van der Waals surface area contributed by atoms with Gasteiger partial charge in [-0.2, -0.15) is 11.8 Å². The standard InChI is InChI=1S/C13H22N2S/c1-3-15-7-6-11(10-15)9-14-12-4-5-13(8-12)16-2/h6-7,10,12-14H,3-5,8-9H2,1-2H3. The van der Waals surface area contributed by atoms with E-state index in [0.29, 0.717) is 0 Å². The van der Waals surface area contributed by atoms with E-state index >= 15 is 0 Å². The van der Waals surface area contributed by atoms with Crippen LogP contribution in [0.5, 0.6) is 0 Å². The SMILES string of the molecule is CCn1ccc(CNC2CCC(SC)C2)c1. The molecule has 1 saturated carbocycles. The Kier molecular flexibility index (Phi) is 4.36. The summed E-state index contributed by atoms with van der Waals surface area (Å²) in [4.78, 5) is 0. The highest BCUT2D eigenvalue weighted by Crippen LogP contribution is 2.28. The predicted molar refractivity (Wildman–Crippen MR) is 71.9 cm³/mol. The van der Waals surface area contributed by atoms with Gasteiger partial charge in [0.25, 0.3) is 0 Å². The molecule has 1 aliphatic carbocycles. The normalized spacial score (nSPS) is 25.1. The lowest BCUT2D eigenvalue weighted by Crippen LogP contribution is -2.25. The number of hydrogen-bond donors (Lipinski definition) is 1. The molecule has 0 bridgehead atoms. The molecule has 1 aromatic rings. The van der Waals surface area contributed by atoms with Crippen molar-refractivity contribution in [3.63, 3.8) is 0 Å². The van der Waals surface area contributed by atoms with Gasteiger partial charge in [-0.1, -0.05) is 0 Å². The van der Waals surface area contributed by atoms with Crippen LogP contribution in [0.15, 0.2) is 18.5 Å². The first-order valence-electron chi connectivity index (χ1n) is 6.22. The van der Waals surface area contributed by atoms with Crippen molar-refractivity contribution in [3.05, 3.63) is 24.0 Å². The zero-order valence-electron chi connectivity index (χ0n) is 10.3. The number of thioether (sulfide) groups is 1. The lowest BCUT2D eigenvalue weighted by Gasteiger charge is -2.11. The molecule has 1 N–H and O–H groups in total. The van der Waals surface area contributed by atoms with Crippen LogP contribution in [0.4, 0.5) is 0 Å². The molecule has 2 nitrogen and oxygen atoms in total. The summed E-state index contributed by atoms with van der Waals surface area (Å²) in [6.07, 6.45) is 10.7. The topological polar surface area (TPSA) is 17.0 Å². The van der Waals surface area contributed by atoms with Gasteiger partial charge in [0.2, 0.25) is 0 Å². The molecule has 0 saturated heterocycles. The average molecular weight is 238 g/mol. The van der Waals surface area contributed by atoms with Crippen LogP contribution < -0.4 is 5.32 Å². The van der Waals surface area contributed by atoms with Crippen molar-refractivity contribution in [2.24, 2.45) is 0 Å². The molecule has 1 aromatic heterocycles. The summed E-state index contributed by atoms with van der Waals surface area (Å²) < 4.78 is 2.23. The fourth-order valence-electron chi connectivity index (χ4n) is 2.39. The quantitative estimate of drug-likeness (QED) is 0.849. The van der Waals surface area contributed by atoms with Gasteiger partial charge in [-0.15, -0.1) is 0 Å². The highest BCUT2D eigenvalue weighted by Gasteiger charge is 2.23. The minimum atomic E-state index is 0.738. The molecule has 0 spiro atoms. The van der Waals surface area contributed by atoms with Crippen LogP contribution in [0, 0.1) is 0 Å². The molecular weight excluding hydrogens is 216 g/mol. The van der Waals surface area contributed by atoms with Crippen molar-refractivity contribution in [1.29, 1.82) is 0 Å². The molecule has 1 fully saturated rings. The van der Waals surface area contributed by atoms with Crippen molar-refractivity contribution < 1.29 is 0 Å². The third-order valence-electron chi connectivity index (χ3n) is 3.49. The Bertz CT molecular complexity index is 321. The molecule has 2 rings (SSSR count). The second-order valence-corrected chi connectivity index (χ2v) is 5.74. The van der Waals surface area contributed by atoms with Crippen molar-refractivity contribution in [2.75, 3.05) is 6.26 Å². The maximum absolute atomic E-state index is 3.67. The number of rotatable bonds is 5. The number of hydrogen-bond acceptors (Lipinski definition) is 2. The van der Waals surface area contributed by atoms with Crippen LogP contribution in [0.1, 0.15) is 31.7 Å². The largest absolute Gasteiger partial charge is 0.354 e. The van der Waals surface area contributed by atoms with Gasteiger partial charge in [0, 0.05) is 36.8 Å². The van der Waals surface area contributed by atoms with Crippen LogP contribution >= 0.6 is 11.8 Å². The Morgan fingerprint density at radius 3 is 3.00 bits per heavy atom. The van der Waals surface area contributed by atoms with E-state index in [4.69, 9.17) is 0 Å². The van der Waals surface area contributed by atoms with Gasteiger partial charge in [-0.05, 0) is 44.1 Å². The van der Waals surface area contributed by atoms with E-state index in [2.05, 4.69) is 41.5 Å². The maximum atomic E-state index is 3.67. The van der Waals surface area contributed by atoms with Crippen LogP contribution in [0.25, 0.3) is 0 Å². The van der Waals surface area contributed by atoms with Crippen LogP contribution in [-0.2, 0) is 13.1 Å². The first-order valence-corrected chi connectivity index (χ1v) is 7.51. The zero-order valence-corrected chi connectivity index (χ0v) is 11.1. The van der Waals surface area contributed by atoms with E-state index in [1.807, 2.05) is 11.8 Å². The Hall–Kier alpha value is -0.410. The van der Waals surface area contributed by atoms with Crippen molar-refractivity contribution in [1.82, 2.24) is 9.88 Å². The third kappa shape index (κ3) is 3.05. The molecule has 2 unspecified atom stereocenters. The lowest BCUT2D eigenvalue weighted by molar-refractivity contribution is 0.525. The summed E-state index contributed by atoms with van der Waals surface area (Å²) >= 11 is 2.02. The summed E-state index contributed by atoms with van der Waals surface area (Å²) in [5.74, 6) is 0. The van der Waals surface area contributed by atoms with Crippen LogP contribution in [0.3, 0.4) is 0 Å². The Morgan fingerprint density at radius 1 is 1.50 bits per heavy atom. The Labute approximate surface area is 103 Å². The molecule has 3 heteroatoms. The van der Waals surface area contributed by atoms with Gasteiger partial charge in [-0.3, -0.25) is 0 Å². The number of nitrogens with one attached hydrogen (secondary N) is 1. The molecular formula is C13H22N2S. The smallest absolute Gasteiger partial charge is 0.0223 e. The lowest BCUT2D eigenvalue weighted by atomic mass is 10.2. The Balaban J connectivity index is 1.75. The fourth-order valence-corrected chi connectivity index (χ4v) is 3.19. The van der Waals surface area contributed by atoms with Gasteiger partial charge < -0.3 is 9.88 Å². The van der Waals surface area contributed by atoms with E-state index in [1.165, 1.54) is 24.8 Å². The molecule has 0 amide bonds. The van der Waals surface area contributed by atoms with Gasteiger partial charge in [0.1, 0.15) is 0 Å². The molecule has 16 heavy (non-hydrogen) atoms. The van der Waals surface area contributed by atoms with Crippen molar-refractivity contribution in [2.45, 2.75) is 50.6 Å². The van der Waals surface area contributed by atoms with Gasteiger partial charge in [0.15, 0.2) is 0 Å². The van der Waals surface area contributed by atoms with Gasteiger partial charge in [-0.25, -0.2) is 0 Å². The molecule has 90 valence electrons. The highest BCUT2D eigenvalue weighted by atomic mass is 32.2. The predicted octanol–water partition coefficient (Wildman–Crippen LogP) is 2.88. The van der Waals surface area contributed by atoms with E-state index in [0.717, 1.165) is 24.4 Å². The first-order chi connectivity index (χ1) is 7.81. The molecule has 2 atom stereocenters. The third-order valence-corrected chi connectivity index (χ3v) is 4.58. The number of nitrogens with zero attached hydrogens (tertiary/aromatic N) is 1. The molecule has 0 aliphatic heterocycles. The molecule has 0 aromatic carbocycles. The first kappa shape index (κ1) is 12.1. The minimum absolute atomic E-state index is 0.738. The summed E-state index contributed by atoms with van der Waals surface area (Å²) in [6, 6.07) is 2.96. The molecule has 0 radical (unpaired) electrons. The van der Waals surface area contributed by atoms with Crippen molar-refractivity contribution in [3.8, 4) is 0 Å². The van der Waals surface area contributed by atoms with Crippen LogP contribution in [-0.4, -0.2) is 22.1 Å². The maximum Gasteiger partial charge on any atom is 0.0223 e. The molecule has 1 aliphatic rings. The number of aromatic nitrogens is 1. The van der Waals surface area contributed by atoms with Gasteiger partial charge in [0.05, 0.1) is 0 Å². The van der Waals surface area contributed by atoms with Crippen LogP contribution in [0.2, 0.25) is 0 Å². The van der Waals surface area contributed by atoms with E-state index in [1.54, 1.807) is 0 Å².